The topological polar surface area (TPSA) is 38.8 Å². The first-order chi connectivity index (χ1) is 16.7. The Kier molecular flexibility index (Phi) is 7.10. The Hall–Kier alpha value is -1.73. The molecule has 5 nitrogen and oxygen atoms in total. The minimum Gasteiger partial charge on any atom is -0.328 e. The van der Waals surface area contributed by atoms with E-state index >= 15 is 8.78 Å². The first kappa shape index (κ1) is 24.9. The number of hydrogen-bond acceptors (Lipinski definition) is 3. The van der Waals surface area contributed by atoms with Crippen LogP contribution in [0.25, 0.3) is 0 Å². The second-order valence-corrected chi connectivity index (χ2v) is 11.8. The van der Waals surface area contributed by atoms with Crippen LogP contribution in [0.1, 0.15) is 63.0 Å². The van der Waals surface area contributed by atoms with Gasteiger partial charge in [-0.3, -0.25) is 9.80 Å². The molecular formula is C28H42F2N4O. The van der Waals surface area contributed by atoms with Crippen molar-refractivity contribution in [2.24, 2.45) is 11.8 Å². The van der Waals surface area contributed by atoms with E-state index in [9.17, 15) is 4.79 Å². The molecule has 1 aromatic carbocycles. The van der Waals surface area contributed by atoms with Crippen molar-refractivity contribution in [3.05, 3.63) is 35.4 Å². The Bertz CT molecular complexity index is 869. The van der Waals surface area contributed by atoms with Gasteiger partial charge in [0.15, 0.2) is 0 Å². The molecule has 2 heterocycles. The van der Waals surface area contributed by atoms with Crippen molar-refractivity contribution in [3.63, 3.8) is 0 Å². The Labute approximate surface area is 209 Å². The molecule has 0 unspecified atom stereocenters. The highest BCUT2D eigenvalue weighted by Gasteiger charge is 2.51. The minimum atomic E-state index is -2.86. The molecule has 0 bridgehead atoms. The van der Waals surface area contributed by atoms with Crippen molar-refractivity contribution in [2.75, 3.05) is 39.3 Å². The monoisotopic (exact) mass is 488 g/mol. The highest BCUT2D eigenvalue weighted by atomic mass is 19.3. The van der Waals surface area contributed by atoms with E-state index in [0.29, 0.717) is 43.3 Å². The van der Waals surface area contributed by atoms with Gasteiger partial charge in [0, 0.05) is 57.8 Å². The van der Waals surface area contributed by atoms with Crippen LogP contribution < -0.4 is 5.32 Å². The number of benzene rings is 1. The largest absolute Gasteiger partial charge is 0.328 e. The molecule has 5 rings (SSSR count). The number of carbonyl (C=O) groups is 1. The highest BCUT2D eigenvalue weighted by Crippen LogP contribution is 2.46. The minimum absolute atomic E-state index is 0.135. The summed E-state index contributed by atoms with van der Waals surface area (Å²) >= 11 is 0. The van der Waals surface area contributed by atoms with Crippen LogP contribution in [0.3, 0.4) is 0 Å². The third-order valence-electron chi connectivity index (χ3n) is 9.26. The maximum absolute atomic E-state index is 15.2. The molecule has 35 heavy (non-hydrogen) atoms. The van der Waals surface area contributed by atoms with Gasteiger partial charge >= 0.3 is 6.03 Å². The van der Waals surface area contributed by atoms with Crippen LogP contribution in [0.2, 0.25) is 0 Å². The maximum atomic E-state index is 15.2. The first-order valence-electron chi connectivity index (χ1n) is 13.7. The molecular weight excluding hydrogens is 446 g/mol. The Morgan fingerprint density at radius 1 is 1.03 bits per heavy atom. The van der Waals surface area contributed by atoms with Gasteiger partial charge in [-0.05, 0) is 69.8 Å². The number of piperazine rings is 1. The molecule has 0 spiro atoms. The summed E-state index contributed by atoms with van der Waals surface area (Å²) in [5, 5.41) is 2.85. The number of fused-ring (bicyclic) bond motifs is 1. The summed E-state index contributed by atoms with van der Waals surface area (Å²) in [4.78, 5) is 19.7. The molecule has 0 radical (unpaired) electrons. The van der Waals surface area contributed by atoms with Gasteiger partial charge in [0.1, 0.15) is 6.04 Å². The molecule has 2 saturated carbocycles. The van der Waals surface area contributed by atoms with Crippen LogP contribution >= 0.6 is 0 Å². The average molecular weight is 489 g/mol. The quantitative estimate of drug-likeness (QED) is 0.667. The van der Waals surface area contributed by atoms with Crippen molar-refractivity contribution >= 4 is 6.03 Å². The summed E-state index contributed by atoms with van der Waals surface area (Å²) in [5.74, 6) is -1.37. The summed E-state index contributed by atoms with van der Waals surface area (Å²) < 4.78 is 30.3. The Balaban J connectivity index is 1.19. The third-order valence-corrected chi connectivity index (χ3v) is 9.26. The number of urea groups is 1. The molecule has 1 N–H and O–H groups in total. The van der Waals surface area contributed by atoms with Crippen molar-refractivity contribution in [1.29, 1.82) is 0 Å². The van der Waals surface area contributed by atoms with Crippen LogP contribution in [0.15, 0.2) is 24.3 Å². The van der Waals surface area contributed by atoms with E-state index in [-0.39, 0.29) is 18.5 Å². The maximum Gasteiger partial charge on any atom is 0.317 e. The normalized spacial score (nSPS) is 33.8. The van der Waals surface area contributed by atoms with Gasteiger partial charge in [-0.2, -0.15) is 0 Å². The van der Waals surface area contributed by atoms with E-state index < -0.39 is 12.0 Å². The second-order valence-electron chi connectivity index (χ2n) is 11.8. The van der Waals surface area contributed by atoms with Gasteiger partial charge in [0.2, 0.25) is 0 Å². The fraction of sp³-hybridized carbons (Fsp3) is 0.750. The zero-order valence-corrected chi connectivity index (χ0v) is 21.6. The number of aryl methyl sites for hydroxylation is 1. The number of hydrogen-bond donors (Lipinski definition) is 1. The van der Waals surface area contributed by atoms with Gasteiger partial charge in [-0.1, -0.05) is 29.8 Å². The first-order valence-corrected chi connectivity index (χ1v) is 13.7. The SMILES string of the molecule is Cc1ccc([C@@H]2C[C@@H]3CN(C(=O)N[C@@H]4[C@@H](N5CCN(C(C)C)CC5)CCCC4(F)F)C[C@@H]3C2)cc1. The molecule has 4 aliphatic rings. The molecule has 1 aromatic rings. The molecule has 4 fully saturated rings. The Morgan fingerprint density at radius 3 is 2.26 bits per heavy atom. The predicted octanol–water partition coefficient (Wildman–Crippen LogP) is 4.71. The molecule has 194 valence electrons. The summed E-state index contributed by atoms with van der Waals surface area (Å²) in [7, 11) is 0. The van der Waals surface area contributed by atoms with E-state index in [2.05, 4.69) is 60.2 Å². The number of likely N-dealkylation sites (tertiary alicyclic amines) is 1. The summed E-state index contributed by atoms with van der Waals surface area (Å²) in [6.45, 7) is 11.2. The fourth-order valence-electron chi connectivity index (χ4n) is 7.13. The van der Waals surface area contributed by atoms with E-state index in [1.165, 1.54) is 11.1 Å². The molecule has 5 atom stereocenters. The lowest BCUT2D eigenvalue weighted by Crippen LogP contribution is -2.65. The van der Waals surface area contributed by atoms with Crippen molar-refractivity contribution < 1.29 is 13.6 Å². The number of rotatable bonds is 4. The summed E-state index contributed by atoms with van der Waals surface area (Å²) in [5.41, 5.74) is 2.66. The van der Waals surface area contributed by atoms with Crippen LogP contribution in [0.5, 0.6) is 0 Å². The second kappa shape index (κ2) is 9.97. The van der Waals surface area contributed by atoms with Crippen molar-refractivity contribution in [1.82, 2.24) is 20.0 Å². The zero-order valence-electron chi connectivity index (χ0n) is 21.6. The number of nitrogens with one attached hydrogen (secondary N) is 1. The number of amides is 2. The van der Waals surface area contributed by atoms with Crippen molar-refractivity contribution in [3.8, 4) is 0 Å². The van der Waals surface area contributed by atoms with Gasteiger partial charge in [0.05, 0.1) is 0 Å². The van der Waals surface area contributed by atoms with Gasteiger partial charge in [0.25, 0.3) is 5.92 Å². The van der Waals surface area contributed by atoms with Crippen LogP contribution in [-0.4, -0.2) is 84.0 Å². The number of carbonyl (C=O) groups excluding carboxylic acids is 1. The lowest BCUT2D eigenvalue weighted by molar-refractivity contribution is -0.0971. The van der Waals surface area contributed by atoms with E-state index in [0.717, 1.165) is 45.4 Å². The number of halogens is 2. The zero-order chi connectivity index (χ0) is 24.7. The van der Waals surface area contributed by atoms with E-state index in [4.69, 9.17) is 0 Å². The van der Waals surface area contributed by atoms with Gasteiger partial charge < -0.3 is 10.2 Å². The van der Waals surface area contributed by atoms with Gasteiger partial charge in [-0.15, -0.1) is 0 Å². The molecule has 7 heteroatoms. The standard InChI is InChI=1S/C28H42F2N4O/c1-19(2)32-11-13-33(14-12-32)25-5-4-10-28(29,30)26(25)31-27(35)34-17-23-15-22(16-24(23)18-34)21-8-6-20(3)7-9-21/h6-9,19,22-26H,4-5,10-18H2,1-3H3,(H,31,35)/t22-,23-,24+,25-,26+/m0/s1. The number of nitrogens with zero attached hydrogens (tertiary/aromatic N) is 3. The third kappa shape index (κ3) is 5.22. The van der Waals surface area contributed by atoms with Crippen LogP contribution in [-0.2, 0) is 0 Å². The van der Waals surface area contributed by atoms with Gasteiger partial charge in [-0.25, -0.2) is 13.6 Å². The number of alkyl halides is 2. The summed E-state index contributed by atoms with van der Waals surface area (Å²) in [6, 6.07) is 7.61. The fourth-order valence-corrected chi connectivity index (χ4v) is 7.13. The Morgan fingerprint density at radius 2 is 1.66 bits per heavy atom. The molecule has 2 aliphatic carbocycles. The van der Waals surface area contributed by atoms with Crippen LogP contribution in [0.4, 0.5) is 13.6 Å². The predicted molar refractivity (Wildman–Crippen MR) is 135 cm³/mol. The average Bonchev–Trinajstić information content (AvgIpc) is 3.40. The van der Waals surface area contributed by atoms with E-state index in [1.54, 1.807) is 0 Å². The molecule has 2 amide bonds. The lowest BCUT2D eigenvalue weighted by Gasteiger charge is -2.47. The van der Waals surface area contributed by atoms with E-state index in [1.807, 2.05) is 4.90 Å². The molecule has 2 aliphatic heterocycles. The highest BCUT2D eigenvalue weighted by molar-refractivity contribution is 5.75. The van der Waals surface area contributed by atoms with Crippen molar-refractivity contribution in [2.45, 2.75) is 82.8 Å². The smallest absolute Gasteiger partial charge is 0.317 e. The lowest BCUT2D eigenvalue weighted by atomic mass is 9.85. The molecule has 0 aromatic heterocycles. The van der Waals surface area contributed by atoms with Crippen LogP contribution in [0, 0.1) is 18.8 Å². The summed E-state index contributed by atoms with van der Waals surface area (Å²) in [6.07, 6.45) is 3.28. The molecule has 2 saturated heterocycles.